The van der Waals surface area contributed by atoms with E-state index in [1.165, 1.54) is 0 Å². The molecule has 1 amide bonds. The lowest BCUT2D eigenvalue weighted by molar-refractivity contribution is -0.0226. The van der Waals surface area contributed by atoms with Crippen molar-refractivity contribution in [1.82, 2.24) is 4.90 Å². The lowest BCUT2D eigenvalue weighted by atomic mass is 9.82. The Morgan fingerprint density at radius 3 is 2.58 bits per heavy atom. The molecule has 1 fully saturated rings. The van der Waals surface area contributed by atoms with Gasteiger partial charge in [-0.05, 0) is 48.8 Å². The fraction of sp³-hybridized carbons (Fsp3) is 0.556. The molecule has 0 radical (unpaired) electrons. The Morgan fingerprint density at radius 2 is 1.96 bits per heavy atom. The van der Waals surface area contributed by atoms with Gasteiger partial charge in [0.25, 0.3) is 0 Å². The summed E-state index contributed by atoms with van der Waals surface area (Å²) < 4.78 is 12.4. The third-order valence-corrected chi connectivity index (χ3v) is 5.05. The largest absolute Gasteiger partial charge is 0.486 e. The zero-order valence-electron chi connectivity index (χ0n) is 14.2. The van der Waals surface area contributed by atoms with Crippen molar-refractivity contribution in [1.29, 1.82) is 0 Å². The van der Waals surface area contributed by atoms with Gasteiger partial charge in [0.05, 0.1) is 12.0 Å². The third kappa shape index (κ3) is 3.43. The Morgan fingerprint density at radius 1 is 1.29 bits per heavy atom. The maximum Gasteiger partial charge on any atom is 0.410 e. The molecule has 5 nitrogen and oxygen atoms in total. The highest BCUT2D eigenvalue weighted by Gasteiger charge is 2.44. The normalized spacial score (nSPS) is 19.7. The minimum atomic E-state index is -0.511. The molecule has 130 valence electrons. The quantitative estimate of drug-likeness (QED) is 0.660. The highest BCUT2D eigenvalue weighted by Crippen LogP contribution is 2.41. The van der Waals surface area contributed by atoms with Gasteiger partial charge in [-0.2, -0.15) is 0 Å². The molecule has 1 saturated heterocycles. The number of ketones is 1. The SMILES string of the molecule is CC(C)(C)OC(=O)N1CCC2(CC1)CC(=O)c1c(Br)cccc1O2. The summed E-state index contributed by atoms with van der Waals surface area (Å²) in [6, 6.07) is 5.55. The number of Topliss-reactive ketones (excluding diaryl/α,β-unsaturated/α-hetero) is 1. The predicted octanol–water partition coefficient (Wildman–Crippen LogP) is 4.18. The van der Waals surface area contributed by atoms with E-state index >= 15 is 0 Å². The molecule has 3 rings (SSSR count). The number of nitrogens with zero attached hydrogens (tertiary/aromatic N) is 1. The van der Waals surface area contributed by atoms with E-state index in [0.29, 0.717) is 43.7 Å². The molecule has 0 N–H and O–H groups in total. The molecule has 0 atom stereocenters. The van der Waals surface area contributed by atoms with Gasteiger partial charge in [-0.25, -0.2) is 4.79 Å². The van der Waals surface area contributed by atoms with Crippen molar-refractivity contribution in [3.63, 3.8) is 0 Å². The first-order chi connectivity index (χ1) is 11.2. The molecule has 1 spiro atoms. The Bertz CT molecular complexity index is 672. The Balaban J connectivity index is 1.71. The fourth-order valence-electron chi connectivity index (χ4n) is 3.21. The number of hydrogen-bond acceptors (Lipinski definition) is 4. The van der Waals surface area contributed by atoms with Gasteiger partial charge < -0.3 is 14.4 Å². The van der Waals surface area contributed by atoms with E-state index in [1.807, 2.05) is 39.0 Å². The van der Waals surface area contributed by atoms with Crippen LogP contribution in [-0.2, 0) is 4.74 Å². The second-order valence-electron chi connectivity index (χ2n) is 7.47. The summed E-state index contributed by atoms with van der Waals surface area (Å²) in [7, 11) is 0. The maximum atomic E-state index is 12.6. The molecule has 2 aliphatic rings. The summed E-state index contributed by atoms with van der Waals surface area (Å²) in [6.07, 6.45) is 1.31. The molecule has 2 aliphatic heterocycles. The Kier molecular flexibility index (Phi) is 4.36. The Hall–Kier alpha value is -1.56. The lowest BCUT2D eigenvalue weighted by Crippen LogP contribution is -2.53. The lowest BCUT2D eigenvalue weighted by Gasteiger charge is -2.44. The number of likely N-dealkylation sites (tertiary alicyclic amines) is 1. The summed E-state index contributed by atoms with van der Waals surface area (Å²) in [4.78, 5) is 26.4. The number of rotatable bonds is 0. The number of amides is 1. The molecule has 0 aliphatic carbocycles. The van der Waals surface area contributed by atoms with Crippen molar-refractivity contribution < 1.29 is 19.1 Å². The number of fused-ring (bicyclic) bond motifs is 1. The molecular formula is C18H22BrNO4. The number of piperidine rings is 1. The van der Waals surface area contributed by atoms with Crippen molar-refractivity contribution >= 4 is 27.8 Å². The minimum Gasteiger partial charge on any atom is -0.486 e. The van der Waals surface area contributed by atoms with Gasteiger partial charge in [-0.15, -0.1) is 0 Å². The van der Waals surface area contributed by atoms with Crippen LogP contribution in [-0.4, -0.2) is 41.1 Å². The number of ether oxygens (including phenoxy) is 2. The van der Waals surface area contributed by atoms with E-state index in [0.717, 1.165) is 4.47 Å². The van der Waals surface area contributed by atoms with Crippen LogP contribution in [0, 0.1) is 0 Å². The van der Waals surface area contributed by atoms with E-state index in [9.17, 15) is 9.59 Å². The van der Waals surface area contributed by atoms with Crippen LogP contribution in [0.15, 0.2) is 22.7 Å². The standard InChI is InChI=1S/C18H22BrNO4/c1-17(2,3)24-16(22)20-9-7-18(8-10-20)11-13(21)15-12(19)5-4-6-14(15)23-18/h4-6H,7-11H2,1-3H3. The first kappa shape index (κ1) is 17.3. The van der Waals surface area contributed by atoms with Gasteiger partial charge in [0, 0.05) is 30.4 Å². The van der Waals surface area contributed by atoms with Gasteiger partial charge in [0.1, 0.15) is 17.0 Å². The van der Waals surface area contributed by atoms with Crippen LogP contribution in [0.3, 0.4) is 0 Å². The second kappa shape index (κ2) is 6.06. The number of halogens is 1. The van der Waals surface area contributed by atoms with Crippen LogP contribution in [0.5, 0.6) is 5.75 Å². The van der Waals surface area contributed by atoms with Crippen LogP contribution < -0.4 is 4.74 Å². The van der Waals surface area contributed by atoms with E-state index in [4.69, 9.17) is 9.47 Å². The van der Waals surface area contributed by atoms with Crippen molar-refractivity contribution in [2.45, 2.75) is 51.2 Å². The monoisotopic (exact) mass is 395 g/mol. The van der Waals surface area contributed by atoms with E-state index in [-0.39, 0.29) is 11.9 Å². The third-order valence-electron chi connectivity index (χ3n) is 4.39. The first-order valence-corrected chi connectivity index (χ1v) is 8.97. The van der Waals surface area contributed by atoms with E-state index < -0.39 is 11.2 Å². The first-order valence-electron chi connectivity index (χ1n) is 8.18. The molecule has 24 heavy (non-hydrogen) atoms. The summed E-state index contributed by atoms with van der Waals surface area (Å²) in [5.74, 6) is 0.723. The topological polar surface area (TPSA) is 55.8 Å². The maximum absolute atomic E-state index is 12.6. The molecule has 0 aromatic heterocycles. The fourth-order valence-corrected chi connectivity index (χ4v) is 3.78. The van der Waals surface area contributed by atoms with Crippen LogP contribution >= 0.6 is 15.9 Å². The van der Waals surface area contributed by atoms with Gasteiger partial charge in [-0.3, -0.25) is 4.79 Å². The molecule has 0 bridgehead atoms. The summed E-state index contributed by atoms with van der Waals surface area (Å²) in [5.41, 5.74) is -0.393. The number of hydrogen-bond donors (Lipinski definition) is 0. The van der Waals surface area contributed by atoms with Crippen molar-refractivity contribution in [3.05, 3.63) is 28.2 Å². The van der Waals surface area contributed by atoms with Gasteiger partial charge in [0.15, 0.2) is 5.78 Å². The van der Waals surface area contributed by atoms with Gasteiger partial charge in [0.2, 0.25) is 0 Å². The molecule has 2 heterocycles. The average Bonchev–Trinajstić information content (AvgIpc) is 2.45. The highest BCUT2D eigenvalue weighted by molar-refractivity contribution is 9.10. The minimum absolute atomic E-state index is 0.0921. The van der Waals surface area contributed by atoms with Crippen molar-refractivity contribution in [2.24, 2.45) is 0 Å². The molecule has 6 heteroatoms. The average molecular weight is 396 g/mol. The van der Waals surface area contributed by atoms with Crippen LogP contribution in [0.2, 0.25) is 0 Å². The van der Waals surface area contributed by atoms with Crippen LogP contribution in [0.4, 0.5) is 4.79 Å². The summed E-state index contributed by atoms with van der Waals surface area (Å²) >= 11 is 3.42. The zero-order valence-corrected chi connectivity index (χ0v) is 15.8. The number of carbonyl (C=O) groups is 2. The molecule has 0 saturated carbocycles. The van der Waals surface area contributed by atoms with E-state index in [1.54, 1.807) is 4.90 Å². The smallest absolute Gasteiger partial charge is 0.410 e. The van der Waals surface area contributed by atoms with Gasteiger partial charge >= 0.3 is 6.09 Å². The molecule has 1 aromatic carbocycles. The second-order valence-corrected chi connectivity index (χ2v) is 8.32. The van der Waals surface area contributed by atoms with Crippen LogP contribution in [0.25, 0.3) is 0 Å². The van der Waals surface area contributed by atoms with E-state index in [2.05, 4.69) is 15.9 Å². The van der Waals surface area contributed by atoms with Crippen molar-refractivity contribution in [2.75, 3.05) is 13.1 Å². The summed E-state index contributed by atoms with van der Waals surface area (Å²) in [5, 5.41) is 0. The van der Waals surface area contributed by atoms with Crippen molar-refractivity contribution in [3.8, 4) is 5.75 Å². The Labute approximate surface area is 150 Å². The number of carbonyl (C=O) groups excluding carboxylic acids is 2. The number of benzene rings is 1. The van der Waals surface area contributed by atoms with Crippen LogP contribution in [0.1, 0.15) is 50.4 Å². The van der Waals surface area contributed by atoms with Gasteiger partial charge in [-0.1, -0.05) is 6.07 Å². The zero-order chi connectivity index (χ0) is 17.5. The molecule has 0 unspecified atom stereocenters. The summed E-state index contributed by atoms with van der Waals surface area (Å²) in [6.45, 7) is 6.63. The molecule has 1 aromatic rings. The predicted molar refractivity (Wildman–Crippen MR) is 93.5 cm³/mol. The molecular weight excluding hydrogens is 374 g/mol. The highest BCUT2D eigenvalue weighted by atomic mass is 79.9.